The highest BCUT2D eigenvalue weighted by molar-refractivity contribution is 5.89. The molecular weight excluding hydrogens is 413 g/mol. The minimum absolute atomic E-state index is 0.156. The molecule has 4 rings (SSSR count). The summed E-state index contributed by atoms with van der Waals surface area (Å²) in [4.78, 5) is 14.8. The van der Waals surface area contributed by atoms with Crippen LogP contribution in [0.3, 0.4) is 0 Å². The summed E-state index contributed by atoms with van der Waals surface area (Å²) in [6, 6.07) is 18.5. The zero-order chi connectivity index (χ0) is 22.7. The Morgan fingerprint density at radius 3 is 2.06 bits per heavy atom. The number of likely N-dealkylation sites (tertiary alicyclic amines) is 1. The Hall–Kier alpha value is -3.74. The molecule has 1 saturated heterocycles. The van der Waals surface area contributed by atoms with E-state index in [4.69, 9.17) is 18.9 Å². The Bertz CT molecular complexity index is 1060. The minimum atomic E-state index is -0.722. The quantitative estimate of drug-likeness (QED) is 0.490. The zero-order valence-electron chi connectivity index (χ0n) is 18.1. The van der Waals surface area contributed by atoms with E-state index in [1.54, 1.807) is 31.3 Å². The van der Waals surface area contributed by atoms with Crippen LogP contribution in [-0.2, 0) is 11.3 Å². The third-order valence-electron chi connectivity index (χ3n) is 5.45. The van der Waals surface area contributed by atoms with E-state index < -0.39 is 12.1 Å². The SMILES string of the molecule is COc1cc(C2C(Oc3ccccc3)C(=O)N2Cc2ccc(F)cc2)cc(OC)c1OC. The first kappa shape index (κ1) is 21.5. The van der Waals surface area contributed by atoms with E-state index in [1.807, 2.05) is 42.5 Å². The fourth-order valence-electron chi connectivity index (χ4n) is 3.87. The topological polar surface area (TPSA) is 57.2 Å². The Kier molecular flexibility index (Phi) is 6.16. The van der Waals surface area contributed by atoms with Crippen LogP contribution >= 0.6 is 0 Å². The van der Waals surface area contributed by atoms with Gasteiger partial charge in [0.25, 0.3) is 5.91 Å². The molecule has 2 unspecified atom stereocenters. The van der Waals surface area contributed by atoms with Crippen LogP contribution in [0, 0.1) is 5.82 Å². The van der Waals surface area contributed by atoms with Crippen molar-refractivity contribution in [2.45, 2.75) is 18.7 Å². The molecule has 2 atom stereocenters. The number of hydrogen-bond donors (Lipinski definition) is 0. The van der Waals surface area contributed by atoms with E-state index in [1.165, 1.54) is 19.2 Å². The van der Waals surface area contributed by atoms with E-state index in [0.717, 1.165) is 11.1 Å². The van der Waals surface area contributed by atoms with Crippen LogP contribution in [-0.4, -0.2) is 38.2 Å². The second-order valence-corrected chi connectivity index (χ2v) is 7.35. The maximum Gasteiger partial charge on any atom is 0.267 e. The van der Waals surface area contributed by atoms with Gasteiger partial charge in [0.2, 0.25) is 11.9 Å². The number of carbonyl (C=O) groups is 1. The van der Waals surface area contributed by atoms with Gasteiger partial charge in [-0.25, -0.2) is 4.39 Å². The first-order valence-electron chi connectivity index (χ1n) is 10.1. The summed E-state index contributed by atoms with van der Waals surface area (Å²) >= 11 is 0. The number of hydrogen-bond acceptors (Lipinski definition) is 5. The lowest BCUT2D eigenvalue weighted by molar-refractivity contribution is -0.165. The summed E-state index contributed by atoms with van der Waals surface area (Å²) in [5, 5.41) is 0. The summed E-state index contributed by atoms with van der Waals surface area (Å²) in [7, 11) is 4.62. The van der Waals surface area contributed by atoms with Crippen molar-refractivity contribution in [2.75, 3.05) is 21.3 Å². The Balaban J connectivity index is 1.71. The highest BCUT2D eigenvalue weighted by Crippen LogP contribution is 2.45. The first-order chi connectivity index (χ1) is 15.5. The van der Waals surface area contributed by atoms with Crippen molar-refractivity contribution < 1.29 is 28.1 Å². The molecule has 1 amide bonds. The number of carbonyl (C=O) groups excluding carboxylic acids is 1. The Labute approximate surface area is 186 Å². The highest BCUT2D eigenvalue weighted by atomic mass is 19.1. The first-order valence-corrected chi connectivity index (χ1v) is 10.1. The lowest BCUT2D eigenvalue weighted by atomic mass is 9.89. The maximum absolute atomic E-state index is 13.3. The normalized spacial score (nSPS) is 17.5. The van der Waals surface area contributed by atoms with Crippen LogP contribution in [0.2, 0.25) is 0 Å². The van der Waals surface area contributed by atoms with Gasteiger partial charge in [0.05, 0.1) is 21.3 Å². The number of β-lactam (4-membered cyclic amide) rings is 1. The number of rotatable bonds is 8. The van der Waals surface area contributed by atoms with Crippen molar-refractivity contribution >= 4 is 5.91 Å². The van der Waals surface area contributed by atoms with Gasteiger partial charge in [0.15, 0.2) is 11.5 Å². The van der Waals surface area contributed by atoms with Gasteiger partial charge < -0.3 is 23.8 Å². The molecule has 7 heteroatoms. The monoisotopic (exact) mass is 437 g/mol. The average Bonchev–Trinajstić information content (AvgIpc) is 2.83. The third-order valence-corrected chi connectivity index (χ3v) is 5.45. The number of halogens is 1. The van der Waals surface area contributed by atoms with E-state index in [9.17, 15) is 9.18 Å². The Morgan fingerprint density at radius 1 is 0.875 bits per heavy atom. The molecule has 0 N–H and O–H groups in total. The van der Waals surface area contributed by atoms with Gasteiger partial charge in [-0.1, -0.05) is 30.3 Å². The van der Waals surface area contributed by atoms with Crippen molar-refractivity contribution in [3.05, 3.63) is 83.7 Å². The van der Waals surface area contributed by atoms with Crippen molar-refractivity contribution in [3.8, 4) is 23.0 Å². The summed E-state index contributed by atoms with van der Waals surface area (Å²) in [5.41, 5.74) is 1.59. The molecule has 0 radical (unpaired) electrons. The maximum atomic E-state index is 13.3. The predicted molar refractivity (Wildman–Crippen MR) is 117 cm³/mol. The summed E-state index contributed by atoms with van der Waals surface area (Å²) in [5.74, 6) is 1.56. The molecular formula is C25H24FNO5. The zero-order valence-corrected chi connectivity index (χ0v) is 18.1. The largest absolute Gasteiger partial charge is 0.493 e. The van der Waals surface area contributed by atoms with Crippen molar-refractivity contribution in [1.82, 2.24) is 4.90 Å². The molecule has 0 aliphatic carbocycles. The van der Waals surface area contributed by atoms with Crippen LogP contribution in [0.1, 0.15) is 17.2 Å². The number of para-hydroxylation sites is 1. The van der Waals surface area contributed by atoms with Crippen LogP contribution in [0.15, 0.2) is 66.7 Å². The van der Waals surface area contributed by atoms with Gasteiger partial charge in [-0.2, -0.15) is 0 Å². The van der Waals surface area contributed by atoms with Crippen molar-refractivity contribution in [2.24, 2.45) is 0 Å². The Morgan fingerprint density at radius 2 is 1.50 bits per heavy atom. The lowest BCUT2D eigenvalue weighted by Crippen LogP contribution is -2.60. The van der Waals surface area contributed by atoms with Crippen molar-refractivity contribution in [3.63, 3.8) is 0 Å². The molecule has 0 aromatic heterocycles. The van der Waals surface area contributed by atoms with E-state index in [-0.39, 0.29) is 11.7 Å². The number of benzene rings is 3. The van der Waals surface area contributed by atoms with Crippen LogP contribution in [0.5, 0.6) is 23.0 Å². The fourth-order valence-corrected chi connectivity index (χ4v) is 3.87. The van der Waals surface area contributed by atoms with Gasteiger partial charge in [-0.3, -0.25) is 4.79 Å². The molecule has 32 heavy (non-hydrogen) atoms. The lowest BCUT2D eigenvalue weighted by Gasteiger charge is -2.47. The van der Waals surface area contributed by atoms with Crippen molar-refractivity contribution in [1.29, 1.82) is 0 Å². The molecule has 1 heterocycles. The molecule has 3 aromatic carbocycles. The number of nitrogens with zero attached hydrogens (tertiary/aromatic N) is 1. The smallest absolute Gasteiger partial charge is 0.267 e. The average molecular weight is 437 g/mol. The fraction of sp³-hybridized carbons (Fsp3) is 0.240. The predicted octanol–water partition coefficient (Wildman–Crippen LogP) is 4.38. The molecule has 0 bridgehead atoms. The van der Waals surface area contributed by atoms with E-state index in [2.05, 4.69) is 0 Å². The minimum Gasteiger partial charge on any atom is -0.493 e. The van der Waals surface area contributed by atoms with Gasteiger partial charge in [0, 0.05) is 6.54 Å². The van der Waals surface area contributed by atoms with Gasteiger partial charge in [0.1, 0.15) is 17.6 Å². The number of amides is 1. The van der Waals surface area contributed by atoms with E-state index >= 15 is 0 Å². The van der Waals surface area contributed by atoms with Gasteiger partial charge >= 0.3 is 0 Å². The summed E-state index contributed by atoms with van der Waals surface area (Å²) in [6.45, 7) is 0.315. The summed E-state index contributed by atoms with van der Waals surface area (Å²) < 4.78 is 35.8. The molecule has 3 aromatic rings. The second-order valence-electron chi connectivity index (χ2n) is 7.35. The number of methoxy groups -OCH3 is 3. The molecule has 1 aliphatic rings. The molecule has 1 fully saturated rings. The molecule has 0 spiro atoms. The van der Waals surface area contributed by atoms with Crippen LogP contribution in [0.4, 0.5) is 4.39 Å². The standard InChI is InChI=1S/C25H24FNO5/c1-29-20-13-17(14-21(30-2)23(20)31-3)22-24(32-19-7-5-4-6-8-19)25(28)27(22)15-16-9-11-18(26)12-10-16/h4-14,22,24H,15H2,1-3H3. The number of ether oxygens (including phenoxy) is 4. The van der Waals surface area contributed by atoms with Crippen LogP contribution < -0.4 is 18.9 Å². The van der Waals surface area contributed by atoms with Gasteiger partial charge in [-0.05, 0) is 47.5 Å². The highest BCUT2D eigenvalue weighted by Gasteiger charge is 2.50. The van der Waals surface area contributed by atoms with Gasteiger partial charge in [-0.15, -0.1) is 0 Å². The molecule has 166 valence electrons. The third kappa shape index (κ3) is 4.06. The second kappa shape index (κ2) is 9.18. The van der Waals surface area contributed by atoms with Crippen LogP contribution in [0.25, 0.3) is 0 Å². The van der Waals surface area contributed by atoms with E-state index in [0.29, 0.717) is 29.5 Å². The molecule has 6 nitrogen and oxygen atoms in total. The molecule has 1 aliphatic heterocycles. The molecule has 0 saturated carbocycles. The summed E-state index contributed by atoms with van der Waals surface area (Å²) in [6.07, 6.45) is -0.722.